The fourth-order valence-corrected chi connectivity index (χ4v) is 3.34. The lowest BCUT2D eigenvalue weighted by atomic mass is 10.1. The van der Waals surface area contributed by atoms with Gasteiger partial charge in [0, 0.05) is 12.5 Å². The Hall–Kier alpha value is -2.54. The van der Waals surface area contributed by atoms with Crippen LogP contribution in [-0.4, -0.2) is 27.4 Å². The summed E-state index contributed by atoms with van der Waals surface area (Å²) in [7, 11) is -4.01. The minimum absolute atomic E-state index is 0.0185. The quantitative estimate of drug-likeness (QED) is 0.573. The summed E-state index contributed by atoms with van der Waals surface area (Å²) in [6, 6.07) is 11.0. The molecular formula is C20H24O6S. The third-order valence-electron chi connectivity index (χ3n) is 3.70. The molecule has 146 valence electrons. The number of Topliss-reactive ketones (excluding diaryl/α,β-unsaturated/α-hetero) is 1. The Bertz CT molecular complexity index is 872. The number of ketones is 1. The van der Waals surface area contributed by atoms with Crippen molar-refractivity contribution in [1.82, 2.24) is 0 Å². The molecule has 2 rings (SSSR count). The predicted octanol–water partition coefficient (Wildman–Crippen LogP) is 3.77. The van der Waals surface area contributed by atoms with Gasteiger partial charge in [0.15, 0.2) is 11.5 Å². The van der Waals surface area contributed by atoms with Crippen LogP contribution < -0.4 is 13.7 Å². The standard InChI is InChI=1S/C20H24O6S/c1-4-24-19-13-12-18(14-20(19)25-5-2)27(22,23)26-17-10-8-16(9-11-17)7-6-15(3)21/h8-14H,4-7H2,1-3H3. The first-order valence-electron chi connectivity index (χ1n) is 8.78. The van der Waals surface area contributed by atoms with Gasteiger partial charge in [0.25, 0.3) is 0 Å². The minimum atomic E-state index is -4.01. The third-order valence-corrected chi connectivity index (χ3v) is 4.94. The molecule has 0 amide bonds. The van der Waals surface area contributed by atoms with Crippen molar-refractivity contribution in [3.8, 4) is 17.2 Å². The third kappa shape index (κ3) is 5.99. The largest absolute Gasteiger partial charge is 0.490 e. The van der Waals surface area contributed by atoms with Crippen molar-refractivity contribution in [2.45, 2.75) is 38.5 Å². The Balaban J connectivity index is 2.18. The molecule has 7 heteroatoms. The molecule has 0 heterocycles. The number of carbonyl (C=O) groups is 1. The molecule has 0 bridgehead atoms. The molecule has 6 nitrogen and oxygen atoms in total. The molecule has 2 aromatic rings. The molecule has 2 aromatic carbocycles. The molecule has 0 aliphatic heterocycles. The molecule has 0 fully saturated rings. The maximum absolute atomic E-state index is 12.6. The first-order valence-corrected chi connectivity index (χ1v) is 10.2. The van der Waals surface area contributed by atoms with Crippen molar-refractivity contribution in [3.05, 3.63) is 48.0 Å². The van der Waals surface area contributed by atoms with E-state index in [4.69, 9.17) is 13.7 Å². The lowest BCUT2D eigenvalue weighted by Crippen LogP contribution is -2.10. The van der Waals surface area contributed by atoms with E-state index in [1.54, 1.807) is 37.3 Å². The van der Waals surface area contributed by atoms with Crippen LogP contribution in [-0.2, 0) is 21.3 Å². The summed E-state index contributed by atoms with van der Waals surface area (Å²) in [5.41, 5.74) is 0.939. The monoisotopic (exact) mass is 392 g/mol. The summed E-state index contributed by atoms with van der Waals surface area (Å²) in [5.74, 6) is 1.14. The van der Waals surface area contributed by atoms with Crippen LogP contribution in [0.3, 0.4) is 0 Å². The van der Waals surface area contributed by atoms with Crippen LogP contribution in [0.25, 0.3) is 0 Å². The highest BCUT2D eigenvalue weighted by atomic mass is 32.2. The first kappa shape index (κ1) is 20.8. The highest BCUT2D eigenvalue weighted by molar-refractivity contribution is 7.87. The summed E-state index contributed by atoms with van der Waals surface area (Å²) in [4.78, 5) is 11.0. The van der Waals surface area contributed by atoms with Gasteiger partial charge in [0.2, 0.25) is 0 Å². The smallest absolute Gasteiger partial charge is 0.339 e. The Kier molecular flexibility index (Phi) is 7.24. The summed E-state index contributed by atoms with van der Waals surface area (Å²) in [6.07, 6.45) is 1.06. The van der Waals surface area contributed by atoms with Crippen LogP contribution in [0.1, 0.15) is 32.8 Å². The number of hydrogen-bond donors (Lipinski definition) is 0. The predicted molar refractivity (Wildman–Crippen MR) is 102 cm³/mol. The number of hydrogen-bond acceptors (Lipinski definition) is 6. The van der Waals surface area contributed by atoms with Gasteiger partial charge in [-0.3, -0.25) is 0 Å². The van der Waals surface area contributed by atoms with Crippen molar-refractivity contribution < 1.29 is 26.9 Å². The molecule has 0 saturated carbocycles. The Morgan fingerprint density at radius 3 is 2.15 bits per heavy atom. The van der Waals surface area contributed by atoms with Gasteiger partial charge in [-0.2, -0.15) is 8.42 Å². The van der Waals surface area contributed by atoms with E-state index in [0.29, 0.717) is 37.6 Å². The van der Waals surface area contributed by atoms with Crippen molar-refractivity contribution in [1.29, 1.82) is 0 Å². The highest BCUT2D eigenvalue weighted by Gasteiger charge is 2.19. The van der Waals surface area contributed by atoms with Crippen LogP contribution >= 0.6 is 0 Å². The minimum Gasteiger partial charge on any atom is -0.490 e. The van der Waals surface area contributed by atoms with Crippen molar-refractivity contribution >= 4 is 15.9 Å². The van der Waals surface area contributed by atoms with Crippen molar-refractivity contribution in [3.63, 3.8) is 0 Å². The second-order valence-electron chi connectivity index (χ2n) is 5.86. The summed E-state index contributed by atoms with van der Waals surface area (Å²) in [6.45, 7) is 6.01. The van der Waals surface area contributed by atoms with Crippen molar-refractivity contribution in [2.75, 3.05) is 13.2 Å². The van der Waals surface area contributed by atoms with E-state index in [9.17, 15) is 13.2 Å². The van der Waals surface area contributed by atoms with E-state index in [1.807, 2.05) is 6.92 Å². The fraction of sp³-hybridized carbons (Fsp3) is 0.350. The second kappa shape index (κ2) is 9.41. The zero-order valence-electron chi connectivity index (χ0n) is 15.7. The van der Waals surface area contributed by atoms with Crippen LogP contribution in [0.4, 0.5) is 0 Å². The topological polar surface area (TPSA) is 78.9 Å². The molecule has 0 spiro atoms. The number of ether oxygens (including phenoxy) is 2. The average molecular weight is 392 g/mol. The molecule has 0 atom stereocenters. The summed E-state index contributed by atoms with van der Waals surface area (Å²) >= 11 is 0. The zero-order chi connectivity index (χ0) is 19.9. The van der Waals surface area contributed by atoms with Crippen molar-refractivity contribution in [2.24, 2.45) is 0 Å². The fourth-order valence-electron chi connectivity index (χ4n) is 2.39. The van der Waals surface area contributed by atoms with Crippen LogP contribution in [0, 0.1) is 0 Å². The SMILES string of the molecule is CCOc1ccc(S(=O)(=O)Oc2ccc(CCC(C)=O)cc2)cc1OCC. The van der Waals surface area contributed by atoms with Crippen LogP contribution in [0.15, 0.2) is 47.4 Å². The lowest BCUT2D eigenvalue weighted by molar-refractivity contribution is -0.116. The Morgan fingerprint density at radius 1 is 0.926 bits per heavy atom. The molecule has 0 saturated heterocycles. The van der Waals surface area contributed by atoms with Gasteiger partial charge >= 0.3 is 10.1 Å². The summed E-state index contributed by atoms with van der Waals surface area (Å²) in [5, 5.41) is 0. The zero-order valence-corrected chi connectivity index (χ0v) is 16.5. The first-order chi connectivity index (χ1) is 12.9. The van der Waals surface area contributed by atoms with Gasteiger partial charge in [-0.25, -0.2) is 0 Å². The van der Waals surface area contributed by atoms with Gasteiger partial charge in [-0.15, -0.1) is 0 Å². The highest BCUT2D eigenvalue weighted by Crippen LogP contribution is 2.31. The lowest BCUT2D eigenvalue weighted by Gasteiger charge is -2.13. The van der Waals surface area contributed by atoms with Gasteiger partial charge in [0.05, 0.1) is 13.2 Å². The molecule has 27 heavy (non-hydrogen) atoms. The Labute approximate surface area is 160 Å². The number of carbonyl (C=O) groups excluding carboxylic acids is 1. The molecule has 0 radical (unpaired) electrons. The molecule has 0 aliphatic carbocycles. The van der Waals surface area contributed by atoms with E-state index < -0.39 is 10.1 Å². The Morgan fingerprint density at radius 2 is 1.56 bits per heavy atom. The van der Waals surface area contributed by atoms with E-state index in [-0.39, 0.29) is 16.4 Å². The normalized spacial score (nSPS) is 11.1. The van der Waals surface area contributed by atoms with E-state index in [0.717, 1.165) is 5.56 Å². The van der Waals surface area contributed by atoms with E-state index in [2.05, 4.69) is 0 Å². The number of aryl methyl sites for hydroxylation is 1. The molecule has 0 unspecified atom stereocenters. The maximum Gasteiger partial charge on any atom is 0.339 e. The number of rotatable bonds is 10. The van der Waals surface area contributed by atoms with Crippen LogP contribution in [0.2, 0.25) is 0 Å². The van der Waals surface area contributed by atoms with Gasteiger partial charge in [0.1, 0.15) is 16.4 Å². The van der Waals surface area contributed by atoms with Gasteiger partial charge in [-0.1, -0.05) is 12.1 Å². The van der Waals surface area contributed by atoms with Crippen LogP contribution in [0.5, 0.6) is 17.2 Å². The molecule has 0 N–H and O–H groups in total. The van der Waals surface area contributed by atoms with E-state index in [1.165, 1.54) is 19.1 Å². The molecule has 0 aromatic heterocycles. The second-order valence-corrected chi connectivity index (χ2v) is 7.40. The average Bonchev–Trinajstić information content (AvgIpc) is 2.62. The van der Waals surface area contributed by atoms with E-state index >= 15 is 0 Å². The van der Waals surface area contributed by atoms with Gasteiger partial charge in [-0.05, 0) is 57.0 Å². The summed E-state index contributed by atoms with van der Waals surface area (Å²) < 4.78 is 41.2. The number of benzene rings is 2. The molecular weight excluding hydrogens is 368 g/mol. The van der Waals surface area contributed by atoms with Gasteiger partial charge < -0.3 is 18.5 Å². The molecule has 0 aliphatic rings. The maximum atomic E-state index is 12.6.